The average molecular weight is 241 g/mol. The molecule has 94 valence electrons. The Hall–Kier alpha value is 0.310. The number of rotatable bonds is 0. The zero-order valence-corrected chi connectivity index (χ0v) is 12.1. The second kappa shape index (κ2) is 4.89. The third-order valence-corrected chi connectivity index (χ3v) is 6.05. The quantitative estimate of drug-likeness (QED) is 0.696. The van der Waals surface area contributed by atoms with Gasteiger partial charge in [0.15, 0.2) is 0 Å². The third-order valence-electron chi connectivity index (χ3n) is 4.34. The minimum absolute atomic E-state index is 0.503. The van der Waals surface area contributed by atoms with Crippen molar-refractivity contribution in [1.82, 2.24) is 5.32 Å². The first-order chi connectivity index (χ1) is 7.47. The summed E-state index contributed by atoms with van der Waals surface area (Å²) in [5, 5.41) is 4.66. The molecule has 0 spiro atoms. The van der Waals surface area contributed by atoms with Crippen molar-refractivity contribution in [2.45, 2.75) is 58.2 Å². The van der Waals surface area contributed by atoms with Crippen LogP contribution in [0.3, 0.4) is 0 Å². The first-order valence-corrected chi connectivity index (χ1v) is 7.86. The summed E-state index contributed by atoms with van der Waals surface area (Å²) in [6, 6.07) is 0.800. The molecule has 16 heavy (non-hydrogen) atoms. The molecule has 1 saturated heterocycles. The van der Waals surface area contributed by atoms with Crippen LogP contribution in [-0.2, 0) is 0 Å². The lowest BCUT2D eigenvalue weighted by molar-refractivity contribution is 0.165. The second-order valence-electron chi connectivity index (χ2n) is 6.87. The molecule has 1 aliphatic carbocycles. The molecule has 0 bridgehead atoms. The van der Waals surface area contributed by atoms with Crippen molar-refractivity contribution in [3.8, 4) is 0 Å². The van der Waals surface area contributed by atoms with Gasteiger partial charge in [-0.3, -0.25) is 0 Å². The van der Waals surface area contributed by atoms with Gasteiger partial charge in [-0.25, -0.2) is 0 Å². The summed E-state index contributed by atoms with van der Waals surface area (Å²) in [6.07, 6.45) is 4.25. The van der Waals surface area contributed by atoms with Crippen LogP contribution >= 0.6 is 11.8 Å². The van der Waals surface area contributed by atoms with Gasteiger partial charge in [-0.2, -0.15) is 11.8 Å². The fourth-order valence-electron chi connectivity index (χ4n) is 3.03. The lowest BCUT2D eigenvalue weighted by Crippen LogP contribution is -2.44. The number of nitrogens with one attached hydrogen (secondary N) is 1. The highest BCUT2D eigenvalue weighted by Crippen LogP contribution is 2.42. The predicted octanol–water partition coefficient (Wildman–Crippen LogP) is 3.54. The van der Waals surface area contributed by atoms with Gasteiger partial charge in [0, 0.05) is 11.3 Å². The first-order valence-electron chi connectivity index (χ1n) is 6.82. The highest BCUT2D eigenvalue weighted by atomic mass is 32.2. The van der Waals surface area contributed by atoms with Gasteiger partial charge in [0.2, 0.25) is 0 Å². The fraction of sp³-hybridized carbons (Fsp3) is 1.00. The summed E-state index contributed by atoms with van der Waals surface area (Å²) >= 11 is 2.23. The number of thioether (sulfide) groups is 1. The molecule has 0 aromatic rings. The molecule has 2 fully saturated rings. The molecule has 2 aliphatic rings. The van der Waals surface area contributed by atoms with E-state index in [0.29, 0.717) is 5.41 Å². The van der Waals surface area contributed by atoms with Crippen LogP contribution in [0.4, 0.5) is 0 Å². The molecule has 1 saturated carbocycles. The highest BCUT2D eigenvalue weighted by Gasteiger charge is 2.37. The Labute approximate surface area is 105 Å². The van der Waals surface area contributed by atoms with Gasteiger partial charge in [-0.15, -0.1) is 0 Å². The first kappa shape index (κ1) is 12.8. The molecule has 1 nitrogen and oxygen atoms in total. The largest absolute Gasteiger partial charge is 0.313 e. The fourth-order valence-corrected chi connectivity index (χ4v) is 4.56. The van der Waals surface area contributed by atoms with E-state index in [1.54, 1.807) is 0 Å². The predicted molar refractivity (Wildman–Crippen MR) is 74.0 cm³/mol. The summed E-state index contributed by atoms with van der Waals surface area (Å²) < 4.78 is 0. The zero-order chi connectivity index (χ0) is 11.8. The van der Waals surface area contributed by atoms with Crippen LogP contribution in [0, 0.1) is 17.3 Å². The number of hydrogen-bond donors (Lipinski definition) is 1. The topological polar surface area (TPSA) is 12.0 Å². The maximum atomic E-state index is 3.78. The van der Waals surface area contributed by atoms with Gasteiger partial charge in [-0.1, -0.05) is 27.7 Å². The van der Waals surface area contributed by atoms with Crippen LogP contribution in [0.25, 0.3) is 0 Å². The molecular weight excluding hydrogens is 214 g/mol. The molecule has 1 heterocycles. The van der Waals surface area contributed by atoms with Crippen LogP contribution in [0.1, 0.15) is 47.0 Å². The van der Waals surface area contributed by atoms with Crippen LogP contribution in [0.5, 0.6) is 0 Å². The van der Waals surface area contributed by atoms with Crippen molar-refractivity contribution in [3.05, 3.63) is 0 Å². The summed E-state index contributed by atoms with van der Waals surface area (Å²) in [5.74, 6) is 3.13. The standard InChI is InChI=1S/C14H27NS/c1-10-8-15-12-6-5-11(14(2,3)4)7-13(12)16-9-10/h10-13,15H,5-9H2,1-4H3. The molecular formula is C14H27NS. The van der Waals surface area contributed by atoms with Crippen LogP contribution in [0.15, 0.2) is 0 Å². The third kappa shape index (κ3) is 2.95. The van der Waals surface area contributed by atoms with Crippen molar-refractivity contribution in [3.63, 3.8) is 0 Å². The summed E-state index contributed by atoms with van der Waals surface area (Å²) in [5.41, 5.74) is 0.503. The maximum absolute atomic E-state index is 3.78. The summed E-state index contributed by atoms with van der Waals surface area (Å²) in [6.45, 7) is 10.8. The molecule has 4 unspecified atom stereocenters. The maximum Gasteiger partial charge on any atom is 0.0204 e. The molecule has 0 radical (unpaired) electrons. The van der Waals surface area contributed by atoms with Crippen LogP contribution in [-0.4, -0.2) is 23.6 Å². The molecule has 1 N–H and O–H groups in total. The lowest BCUT2D eigenvalue weighted by Gasteiger charge is -2.41. The Kier molecular flexibility index (Phi) is 3.90. The van der Waals surface area contributed by atoms with E-state index in [4.69, 9.17) is 0 Å². The van der Waals surface area contributed by atoms with Crippen LogP contribution < -0.4 is 5.32 Å². The van der Waals surface area contributed by atoms with E-state index in [-0.39, 0.29) is 0 Å². The van der Waals surface area contributed by atoms with Crippen molar-refractivity contribution in [2.24, 2.45) is 17.3 Å². The van der Waals surface area contributed by atoms with Crippen LogP contribution in [0.2, 0.25) is 0 Å². The Balaban J connectivity index is 1.97. The van der Waals surface area contributed by atoms with E-state index in [2.05, 4.69) is 44.8 Å². The Morgan fingerprint density at radius 2 is 1.94 bits per heavy atom. The summed E-state index contributed by atoms with van der Waals surface area (Å²) in [7, 11) is 0. The van der Waals surface area contributed by atoms with Crippen molar-refractivity contribution in [1.29, 1.82) is 0 Å². The lowest BCUT2D eigenvalue weighted by atomic mass is 9.71. The van der Waals surface area contributed by atoms with Gasteiger partial charge in [0.25, 0.3) is 0 Å². The Morgan fingerprint density at radius 1 is 1.19 bits per heavy atom. The Bertz CT molecular complexity index is 233. The summed E-state index contributed by atoms with van der Waals surface area (Å²) in [4.78, 5) is 0. The molecule has 4 atom stereocenters. The van der Waals surface area contributed by atoms with Crippen molar-refractivity contribution < 1.29 is 0 Å². The van der Waals surface area contributed by atoms with Gasteiger partial charge < -0.3 is 5.32 Å². The smallest absolute Gasteiger partial charge is 0.0204 e. The van der Waals surface area contributed by atoms with Gasteiger partial charge in [-0.05, 0) is 48.8 Å². The van der Waals surface area contributed by atoms with Crippen molar-refractivity contribution >= 4 is 11.8 Å². The molecule has 0 aromatic carbocycles. The van der Waals surface area contributed by atoms with Crippen molar-refractivity contribution in [2.75, 3.05) is 12.3 Å². The molecule has 0 aromatic heterocycles. The van der Waals surface area contributed by atoms with E-state index in [0.717, 1.165) is 23.1 Å². The Morgan fingerprint density at radius 3 is 2.62 bits per heavy atom. The zero-order valence-electron chi connectivity index (χ0n) is 11.3. The highest BCUT2D eigenvalue weighted by molar-refractivity contribution is 8.00. The number of fused-ring (bicyclic) bond motifs is 1. The van der Waals surface area contributed by atoms with Gasteiger partial charge in [0.1, 0.15) is 0 Å². The van der Waals surface area contributed by atoms with E-state index >= 15 is 0 Å². The molecule has 1 aliphatic heterocycles. The van der Waals surface area contributed by atoms with E-state index in [9.17, 15) is 0 Å². The second-order valence-corrected chi connectivity index (χ2v) is 8.14. The van der Waals surface area contributed by atoms with E-state index in [1.165, 1.54) is 31.6 Å². The van der Waals surface area contributed by atoms with Gasteiger partial charge in [0.05, 0.1) is 0 Å². The molecule has 2 heteroatoms. The average Bonchev–Trinajstić information content (AvgIpc) is 2.39. The minimum atomic E-state index is 0.503. The van der Waals surface area contributed by atoms with E-state index < -0.39 is 0 Å². The number of hydrogen-bond acceptors (Lipinski definition) is 2. The minimum Gasteiger partial charge on any atom is -0.313 e. The SMILES string of the molecule is CC1CNC2CCC(C(C)(C)C)CC2SC1. The van der Waals surface area contributed by atoms with Gasteiger partial charge >= 0.3 is 0 Å². The molecule has 0 amide bonds. The van der Waals surface area contributed by atoms with E-state index in [1.807, 2.05) is 0 Å². The molecule has 2 rings (SSSR count). The monoisotopic (exact) mass is 241 g/mol. The normalized spacial score (nSPS) is 41.2.